The van der Waals surface area contributed by atoms with Crippen molar-refractivity contribution >= 4 is 17.3 Å². The van der Waals surface area contributed by atoms with Crippen molar-refractivity contribution in [2.24, 2.45) is 0 Å². The second kappa shape index (κ2) is 5.09. The Bertz CT molecular complexity index is 340. The third-order valence-corrected chi connectivity index (χ3v) is 2.98. The highest BCUT2D eigenvalue weighted by Crippen LogP contribution is 2.29. The molecule has 1 rings (SSSR count). The summed E-state index contributed by atoms with van der Waals surface area (Å²) in [6.45, 7) is 11.9. The van der Waals surface area contributed by atoms with Gasteiger partial charge in [-0.3, -0.25) is 0 Å². The zero-order valence-corrected chi connectivity index (χ0v) is 11.7. The van der Waals surface area contributed by atoms with Crippen LogP contribution in [0.15, 0.2) is 12.1 Å². The summed E-state index contributed by atoms with van der Waals surface area (Å²) in [5.41, 5.74) is 5.43. The Kier molecular flexibility index (Phi) is 4.26. The topological polar surface area (TPSA) is 12.0 Å². The van der Waals surface area contributed by atoms with E-state index in [2.05, 4.69) is 52.1 Å². The number of hydrogen-bond acceptors (Lipinski definition) is 1. The minimum absolute atomic E-state index is 0.209. The van der Waals surface area contributed by atoms with Gasteiger partial charge in [0.25, 0.3) is 0 Å². The summed E-state index contributed by atoms with van der Waals surface area (Å²) in [6, 6.07) is 4.53. The summed E-state index contributed by atoms with van der Waals surface area (Å²) < 4.78 is 0. The van der Waals surface area contributed by atoms with E-state index in [1.807, 2.05) is 0 Å². The van der Waals surface area contributed by atoms with Crippen LogP contribution in [-0.4, -0.2) is 12.4 Å². The molecule has 0 amide bonds. The standard InChI is InChI=1S/C14H22ClN/c1-10-8-12(14(3,4)5)9-11(2)13(10)16-7-6-15/h8-9,16H,6-7H2,1-5H3. The van der Waals surface area contributed by atoms with Crippen molar-refractivity contribution < 1.29 is 0 Å². The van der Waals surface area contributed by atoms with Crippen LogP contribution in [0, 0.1) is 13.8 Å². The van der Waals surface area contributed by atoms with Crippen LogP contribution in [0.25, 0.3) is 0 Å². The van der Waals surface area contributed by atoms with Crippen molar-refractivity contribution in [3.8, 4) is 0 Å². The van der Waals surface area contributed by atoms with Crippen LogP contribution in [0.4, 0.5) is 5.69 Å². The van der Waals surface area contributed by atoms with Gasteiger partial charge in [-0.05, 0) is 36.0 Å². The fourth-order valence-electron chi connectivity index (χ4n) is 1.85. The Hall–Kier alpha value is -0.690. The molecule has 0 aliphatic rings. The number of halogens is 1. The molecule has 0 saturated heterocycles. The quantitative estimate of drug-likeness (QED) is 0.778. The lowest BCUT2D eigenvalue weighted by Gasteiger charge is -2.22. The molecule has 0 saturated carbocycles. The highest BCUT2D eigenvalue weighted by molar-refractivity contribution is 6.18. The summed E-state index contributed by atoms with van der Waals surface area (Å²) in [5.74, 6) is 0.639. The van der Waals surface area contributed by atoms with E-state index in [9.17, 15) is 0 Å². The van der Waals surface area contributed by atoms with E-state index in [-0.39, 0.29) is 5.41 Å². The molecule has 0 atom stereocenters. The molecule has 0 bridgehead atoms. The molecule has 16 heavy (non-hydrogen) atoms. The van der Waals surface area contributed by atoms with Crippen molar-refractivity contribution in [1.29, 1.82) is 0 Å². The van der Waals surface area contributed by atoms with E-state index in [1.54, 1.807) is 0 Å². The van der Waals surface area contributed by atoms with Gasteiger partial charge in [-0.2, -0.15) is 0 Å². The summed E-state index contributed by atoms with van der Waals surface area (Å²) in [7, 11) is 0. The van der Waals surface area contributed by atoms with Crippen molar-refractivity contribution in [3.05, 3.63) is 28.8 Å². The smallest absolute Gasteiger partial charge is 0.0400 e. The number of anilines is 1. The fraction of sp³-hybridized carbons (Fsp3) is 0.571. The Balaban J connectivity index is 3.08. The third kappa shape index (κ3) is 3.15. The average Bonchev–Trinajstić information content (AvgIpc) is 2.15. The van der Waals surface area contributed by atoms with E-state index in [0.29, 0.717) is 5.88 Å². The number of alkyl halides is 1. The van der Waals surface area contributed by atoms with Gasteiger partial charge >= 0.3 is 0 Å². The second-order valence-electron chi connectivity index (χ2n) is 5.35. The van der Waals surface area contributed by atoms with Crippen molar-refractivity contribution in [2.45, 2.75) is 40.0 Å². The average molecular weight is 240 g/mol. The Morgan fingerprint density at radius 1 is 1.12 bits per heavy atom. The zero-order valence-electron chi connectivity index (χ0n) is 10.9. The minimum atomic E-state index is 0.209. The van der Waals surface area contributed by atoms with Crippen LogP contribution in [-0.2, 0) is 5.41 Å². The van der Waals surface area contributed by atoms with Gasteiger partial charge in [0.1, 0.15) is 0 Å². The first-order valence-electron chi connectivity index (χ1n) is 5.78. The minimum Gasteiger partial charge on any atom is -0.383 e. The Labute approximate surface area is 104 Å². The maximum Gasteiger partial charge on any atom is 0.0400 e. The predicted molar refractivity (Wildman–Crippen MR) is 73.8 cm³/mol. The van der Waals surface area contributed by atoms with Gasteiger partial charge in [-0.25, -0.2) is 0 Å². The zero-order chi connectivity index (χ0) is 12.3. The van der Waals surface area contributed by atoms with Crippen LogP contribution in [0.2, 0.25) is 0 Å². The molecule has 1 aromatic carbocycles. The normalized spacial score (nSPS) is 11.6. The Morgan fingerprint density at radius 3 is 2.00 bits per heavy atom. The summed E-state index contributed by atoms with van der Waals surface area (Å²) in [4.78, 5) is 0. The van der Waals surface area contributed by atoms with Crippen LogP contribution >= 0.6 is 11.6 Å². The van der Waals surface area contributed by atoms with Crippen LogP contribution in [0.5, 0.6) is 0 Å². The maximum absolute atomic E-state index is 5.70. The fourth-order valence-corrected chi connectivity index (χ4v) is 1.94. The highest BCUT2D eigenvalue weighted by Gasteiger charge is 2.15. The molecule has 0 radical (unpaired) electrons. The lowest BCUT2D eigenvalue weighted by molar-refractivity contribution is 0.589. The Morgan fingerprint density at radius 2 is 1.62 bits per heavy atom. The van der Waals surface area contributed by atoms with Crippen molar-refractivity contribution in [3.63, 3.8) is 0 Å². The first-order valence-corrected chi connectivity index (χ1v) is 6.31. The molecule has 90 valence electrons. The van der Waals surface area contributed by atoms with Gasteiger partial charge < -0.3 is 5.32 Å². The molecule has 0 heterocycles. The van der Waals surface area contributed by atoms with Gasteiger partial charge in [-0.15, -0.1) is 11.6 Å². The molecule has 0 aliphatic carbocycles. The number of hydrogen-bond donors (Lipinski definition) is 1. The summed E-state index contributed by atoms with van der Waals surface area (Å²) >= 11 is 5.70. The molecule has 1 nitrogen and oxygen atoms in total. The van der Waals surface area contributed by atoms with Crippen molar-refractivity contribution in [1.82, 2.24) is 0 Å². The molecule has 0 unspecified atom stereocenters. The first-order chi connectivity index (χ1) is 7.36. The number of benzene rings is 1. The third-order valence-electron chi connectivity index (χ3n) is 2.79. The molecule has 1 aromatic rings. The number of rotatable bonds is 3. The molecular formula is C14H22ClN. The SMILES string of the molecule is Cc1cc(C(C)(C)C)cc(C)c1NCCCl. The number of nitrogens with one attached hydrogen (secondary N) is 1. The molecule has 2 heteroatoms. The van der Waals surface area contributed by atoms with E-state index in [1.165, 1.54) is 22.4 Å². The monoisotopic (exact) mass is 239 g/mol. The lowest BCUT2D eigenvalue weighted by atomic mass is 9.85. The molecule has 0 spiro atoms. The first kappa shape index (κ1) is 13.4. The van der Waals surface area contributed by atoms with Gasteiger partial charge in [0.05, 0.1) is 0 Å². The van der Waals surface area contributed by atoms with Crippen LogP contribution < -0.4 is 5.32 Å². The maximum atomic E-state index is 5.70. The van der Waals surface area contributed by atoms with Crippen molar-refractivity contribution in [2.75, 3.05) is 17.7 Å². The van der Waals surface area contributed by atoms with Crippen LogP contribution in [0.1, 0.15) is 37.5 Å². The lowest BCUT2D eigenvalue weighted by Crippen LogP contribution is -2.13. The van der Waals surface area contributed by atoms with E-state index in [0.717, 1.165) is 6.54 Å². The van der Waals surface area contributed by atoms with E-state index >= 15 is 0 Å². The highest BCUT2D eigenvalue weighted by atomic mass is 35.5. The van der Waals surface area contributed by atoms with Gasteiger partial charge in [-0.1, -0.05) is 32.9 Å². The van der Waals surface area contributed by atoms with E-state index in [4.69, 9.17) is 11.6 Å². The van der Waals surface area contributed by atoms with Gasteiger partial charge in [0.2, 0.25) is 0 Å². The van der Waals surface area contributed by atoms with Gasteiger partial charge in [0, 0.05) is 18.1 Å². The predicted octanol–water partition coefficient (Wildman–Crippen LogP) is 4.25. The summed E-state index contributed by atoms with van der Waals surface area (Å²) in [6.07, 6.45) is 0. The number of aryl methyl sites for hydroxylation is 2. The van der Waals surface area contributed by atoms with E-state index < -0.39 is 0 Å². The largest absolute Gasteiger partial charge is 0.383 e. The molecule has 1 N–H and O–H groups in total. The molecule has 0 aliphatic heterocycles. The summed E-state index contributed by atoms with van der Waals surface area (Å²) in [5, 5.41) is 3.38. The molecular weight excluding hydrogens is 218 g/mol. The molecule has 0 fully saturated rings. The van der Waals surface area contributed by atoms with Gasteiger partial charge in [0.15, 0.2) is 0 Å². The second-order valence-corrected chi connectivity index (χ2v) is 5.73. The molecule has 0 aromatic heterocycles. The van der Waals surface area contributed by atoms with Crippen LogP contribution in [0.3, 0.4) is 0 Å².